The second kappa shape index (κ2) is 28.9. The summed E-state index contributed by atoms with van der Waals surface area (Å²) >= 11 is 0. The highest BCUT2D eigenvalue weighted by molar-refractivity contribution is 5.69. The highest BCUT2D eigenvalue weighted by atomic mass is 16.7. The molecule has 1 rings (SSSR count). The first-order valence-electron chi connectivity index (χ1n) is 17.9. The summed E-state index contributed by atoms with van der Waals surface area (Å²) in [6.45, 7) is 3.96. The van der Waals surface area contributed by atoms with E-state index in [1.54, 1.807) is 6.92 Å². The molecule has 1 aliphatic heterocycles. The third-order valence-corrected chi connectivity index (χ3v) is 8.17. The zero-order valence-corrected chi connectivity index (χ0v) is 28.4. The largest absolute Gasteiger partial charge is 0.457 e. The van der Waals surface area contributed by atoms with E-state index in [1.807, 2.05) is 0 Å². The maximum Gasteiger partial charge on any atom is 0.305 e. The molecule has 6 atom stereocenters. The van der Waals surface area contributed by atoms with Crippen molar-refractivity contribution in [2.24, 2.45) is 0 Å². The van der Waals surface area contributed by atoms with E-state index in [0.717, 1.165) is 19.3 Å². The van der Waals surface area contributed by atoms with Crippen molar-refractivity contribution in [1.82, 2.24) is 0 Å². The highest BCUT2D eigenvalue weighted by Crippen LogP contribution is 2.22. The van der Waals surface area contributed by atoms with Crippen LogP contribution in [0.5, 0.6) is 0 Å². The third-order valence-electron chi connectivity index (χ3n) is 8.17. The maximum absolute atomic E-state index is 11.8. The van der Waals surface area contributed by atoms with E-state index in [9.17, 15) is 25.2 Å². The Kier molecular flexibility index (Phi) is 26.7. The van der Waals surface area contributed by atoms with Gasteiger partial charge >= 0.3 is 5.97 Å². The zero-order chi connectivity index (χ0) is 33.0. The molecule has 1 saturated heterocycles. The Bertz CT molecular complexity index is 742. The number of hydrogen-bond acceptors (Lipinski definition) is 9. The van der Waals surface area contributed by atoms with Gasteiger partial charge in [-0.15, -0.1) is 0 Å². The fourth-order valence-corrected chi connectivity index (χ4v) is 5.26. The molecule has 0 radical (unpaired) electrons. The second-order valence-corrected chi connectivity index (χ2v) is 12.3. The van der Waals surface area contributed by atoms with Gasteiger partial charge in [0.05, 0.1) is 19.8 Å². The molecule has 0 aliphatic carbocycles. The SMILES string of the molecule is CCCCCCC/C=C\C/C=C\CCCCCCCCCCCCOCC(COC1OC(CO)C(O)C(O)C1O)OC(=O)CC. The first kappa shape index (κ1) is 41.7. The number of hydrogen-bond donors (Lipinski definition) is 4. The van der Waals surface area contributed by atoms with Crippen LogP contribution in [0.15, 0.2) is 24.3 Å². The van der Waals surface area contributed by atoms with E-state index in [4.69, 9.17) is 18.9 Å². The van der Waals surface area contributed by atoms with Crippen LogP contribution in [0.3, 0.4) is 0 Å². The van der Waals surface area contributed by atoms with Crippen LogP contribution in [0.2, 0.25) is 0 Å². The first-order valence-corrected chi connectivity index (χ1v) is 17.9. The Morgan fingerprint density at radius 1 is 0.711 bits per heavy atom. The summed E-state index contributed by atoms with van der Waals surface area (Å²) in [6, 6.07) is 0. The van der Waals surface area contributed by atoms with Crippen LogP contribution in [0, 0.1) is 0 Å². The molecule has 0 aromatic heterocycles. The number of ether oxygens (including phenoxy) is 4. The molecule has 45 heavy (non-hydrogen) atoms. The fraction of sp³-hybridized carbons (Fsp3) is 0.861. The lowest BCUT2D eigenvalue weighted by Gasteiger charge is -2.39. The minimum absolute atomic E-state index is 0.123. The number of allylic oxidation sites excluding steroid dienone is 4. The van der Waals surface area contributed by atoms with Crippen molar-refractivity contribution in [3.8, 4) is 0 Å². The third kappa shape index (κ3) is 21.2. The Labute approximate surface area is 273 Å². The molecule has 264 valence electrons. The highest BCUT2D eigenvalue weighted by Gasteiger charge is 2.44. The van der Waals surface area contributed by atoms with Gasteiger partial charge in [-0.2, -0.15) is 0 Å². The Morgan fingerprint density at radius 3 is 1.82 bits per heavy atom. The lowest BCUT2D eigenvalue weighted by molar-refractivity contribution is -0.305. The maximum atomic E-state index is 11.8. The van der Waals surface area contributed by atoms with E-state index < -0.39 is 49.4 Å². The molecular formula is C36H66O9. The number of aliphatic hydroxyl groups is 4. The topological polar surface area (TPSA) is 135 Å². The minimum Gasteiger partial charge on any atom is -0.457 e. The molecule has 9 nitrogen and oxygen atoms in total. The predicted molar refractivity (Wildman–Crippen MR) is 178 cm³/mol. The van der Waals surface area contributed by atoms with E-state index in [0.29, 0.717) is 6.61 Å². The van der Waals surface area contributed by atoms with Crippen molar-refractivity contribution in [3.05, 3.63) is 24.3 Å². The lowest BCUT2D eigenvalue weighted by Crippen LogP contribution is -2.59. The number of unbranched alkanes of at least 4 members (excludes halogenated alkanes) is 15. The van der Waals surface area contributed by atoms with Gasteiger partial charge in [-0.3, -0.25) is 4.79 Å². The van der Waals surface area contributed by atoms with Gasteiger partial charge in [-0.25, -0.2) is 0 Å². The van der Waals surface area contributed by atoms with Gasteiger partial charge in [0.2, 0.25) is 0 Å². The van der Waals surface area contributed by atoms with Gasteiger partial charge in [0.1, 0.15) is 30.5 Å². The fourth-order valence-electron chi connectivity index (χ4n) is 5.26. The molecule has 0 aromatic rings. The molecule has 4 N–H and O–H groups in total. The summed E-state index contributed by atoms with van der Waals surface area (Å²) in [5.41, 5.74) is 0. The first-order chi connectivity index (χ1) is 21.9. The monoisotopic (exact) mass is 642 g/mol. The summed E-state index contributed by atoms with van der Waals surface area (Å²) < 4.78 is 22.0. The van der Waals surface area contributed by atoms with Crippen LogP contribution in [0.25, 0.3) is 0 Å². The van der Waals surface area contributed by atoms with Crippen LogP contribution >= 0.6 is 0 Å². The van der Waals surface area contributed by atoms with Gasteiger partial charge in [-0.1, -0.05) is 115 Å². The van der Waals surface area contributed by atoms with Gasteiger partial charge in [-0.05, 0) is 38.5 Å². The van der Waals surface area contributed by atoms with Crippen LogP contribution in [-0.4, -0.2) is 89.6 Å². The van der Waals surface area contributed by atoms with Gasteiger partial charge in [0.15, 0.2) is 6.29 Å². The summed E-state index contributed by atoms with van der Waals surface area (Å²) in [7, 11) is 0. The Hall–Kier alpha value is -1.33. The number of aliphatic hydroxyl groups excluding tert-OH is 4. The van der Waals surface area contributed by atoms with Crippen molar-refractivity contribution in [1.29, 1.82) is 0 Å². The summed E-state index contributed by atoms with van der Waals surface area (Å²) in [5, 5.41) is 39.3. The van der Waals surface area contributed by atoms with Crippen LogP contribution < -0.4 is 0 Å². The van der Waals surface area contributed by atoms with Crippen molar-refractivity contribution in [2.45, 2.75) is 173 Å². The Balaban J connectivity index is 2.01. The molecule has 0 saturated carbocycles. The average molecular weight is 643 g/mol. The quantitative estimate of drug-likeness (QED) is 0.0421. The summed E-state index contributed by atoms with van der Waals surface area (Å²) in [6.07, 6.45) is 24.4. The number of carbonyl (C=O) groups is 1. The molecule has 6 unspecified atom stereocenters. The lowest BCUT2D eigenvalue weighted by atomic mass is 9.99. The predicted octanol–water partition coefficient (Wildman–Crippen LogP) is 6.30. The van der Waals surface area contributed by atoms with Crippen LogP contribution in [-0.2, 0) is 23.7 Å². The Morgan fingerprint density at radius 2 is 1.27 bits per heavy atom. The normalized spacial score (nSPS) is 22.8. The summed E-state index contributed by atoms with van der Waals surface area (Å²) in [4.78, 5) is 11.8. The molecule has 1 fully saturated rings. The molecule has 0 aromatic carbocycles. The van der Waals surface area contributed by atoms with E-state index in [2.05, 4.69) is 31.2 Å². The van der Waals surface area contributed by atoms with E-state index in [-0.39, 0.29) is 19.6 Å². The average Bonchev–Trinajstić information content (AvgIpc) is 3.04. The van der Waals surface area contributed by atoms with Gasteiger partial charge < -0.3 is 39.4 Å². The van der Waals surface area contributed by atoms with Crippen LogP contribution in [0.4, 0.5) is 0 Å². The standard InChI is InChI=1S/C36H66O9/c1-3-5-6-7-8-9-10-11-12-13-14-15-16-17-18-19-20-21-22-23-24-25-26-42-28-30(44-32(38)4-2)29-43-36-35(41)34(40)33(39)31(27-37)45-36/h10-11,13-14,30-31,33-37,39-41H,3-9,12,15-29H2,1-2H3/b11-10-,14-13-. The van der Waals surface area contributed by atoms with Crippen molar-refractivity contribution in [3.63, 3.8) is 0 Å². The molecule has 0 spiro atoms. The van der Waals surface area contributed by atoms with E-state index >= 15 is 0 Å². The summed E-state index contributed by atoms with van der Waals surface area (Å²) in [5.74, 6) is -0.403. The van der Waals surface area contributed by atoms with Crippen molar-refractivity contribution < 1.29 is 44.2 Å². The number of rotatable bonds is 29. The van der Waals surface area contributed by atoms with Gasteiger partial charge in [0, 0.05) is 13.0 Å². The molecular weight excluding hydrogens is 576 g/mol. The molecule has 1 heterocycles. The molecule has 0 bridgehead atoms. The zero-order valence-electron chi connectivity index (χ0n) is 28.4. The van der Waals surface area contributed by atoms with Crippen molar-refractivity contribution >= 4 is 5.97 Å². The van der Waals surface area contributed by atoms with Crippen molar-refractivity contribution in [2.75, 3.05) is 26.4 Å². The molecule has 9 heteroatoms. The molecule has 0 amide bonds. The van der Waals surface area contributed by atoms with Crippen LogP contribution in [0.1, 0.15) is 136 Å². The number of carbonyl (C=O) groups excluding carboxylic acids is 1. The molecule has 1 aliphatic rings. The van der Waals surface area contributed by atoms with Gasteiger partial charge in [0.25, 0.3) is 0 Å². The second-order valence-electron chi connectivity index (χ2n) is 12.3. The number of esters is 1. The smallest absolute Gasteiger partial charge is 0.305 e. The van der Waals surface area contributed by atoms with E-state index in [1.165, 1.54) is 96.3 Å². The minimum atomic E-state index is -1.53.